The molecule has 8 aromatic rings. The van der Waals surface area contributed by atoms with E-state index in [1.807, 2.05) is 57.2 Å². The lowest BCUT2D eigenvalue weighted by molar-refractivity contribution is 0.0713. The van der Waals surface area contributed by atoms with E-state index in [9.17, 15) is 14.4 Å². The molecule has 14 nitrogen and oxygen atoms in total. The summed E-state index contributed by atoms with van der Waals surface area (Å²) in [4.78, 5) is 58.3. The first-order valence-corrected chi connectivity index (χ1v) is 20.9. The van der Waals surface area contributed by atoms with Crippen LogP contribution in [0.25, 0.3) is 22.1 Å². The van der Waals surface area contributed by atoms with Crippen LogP contribution in [-0.4, -0.2) is 64.2 Å². The Morgan fingerprint density at radius 1 is 0.439 bits per heavy atom. The van der Waals surface area contributed by atoms with E-state index in [0.717, 1.165) is 27.7 Å². The van der Waals surface area contributed by atoms with Gasteiger partial charge >= 0.3 is 17.9 Å². The van der Waals surface area contributed by atoms with Gasteiger partial charge in [-0.3, -0.25) is 0 Å². The molecule has 0 saturated carbocycles. The molecular formula is C49H40Cl3N5O9. The Labute approximate surface area is 394 Å². The molecular weight excluding hydrogens is 909 g/mol. The summed E-state index contributed by atoms with van der Waals surface area (Å²) in [6.45, 7) is 7.21. The maximum atomic E-state index is 12.6. The van der Waals surface area contributed by atoms with Crippen molar-refractivity contribution < 1.29 is 42.8 Å². The summed E-state index contributed by atoms with van der Waals surface area (Å²) in [6, 6.07) is 30.0. The van der Waals surface area contributed by atoms with Gasteiger partial charge in [-0.05, 0) is 92.9 Å². The Morgan fingerprint density at radius 2 is 0.848 bits per heavy atom. The Balaban J connectivity index is 0.000000165. The second-order valence-electron chi connectivity index (χ2n) is 14.0. The summed E-state index contributed by atoms with van der Waals surface area (Å²) in [6.07, 6.45) is 2.94. The van der Waals surface area contributed by atoms with Crippen molar-refractivity contribution in [3.05, 3.63) is 170 Å². The second kappa shape index (κ2) is 22.0. The molecule has 66 heavy (non-hydrogen) atoms. The third-order valence-electron chi connectivity index (χ3n) is 9.49. The topological polar surface area (TPSA) is 171 Å². The molecule has 0 radical (unpaired) electrons. The first-order valence-electron chi connectivity index (χ1n) is 19.8. The zero-order chi connectivity index (χ0) is 47.5. The largest absolute Gasteiger partial charge is 0.496 e. The van der Waals surface area contributed by atoms with Crippen molar-refractivity contribution in [2.45, 2.75) is 27.7 Å². The van der Waals surface area contributed by atoms with E-state index >= 15 is 0 Å². The highest BCUT2D eigenvalue weighted by Gasteiger charge is 2.24. The molecule has 0 N–H and O–H groups in total. The highest BCUT2D eigenvalue weighted by Crippen LogP contribution is 2.34. The number of para-hydroxylation sites is 4. The predicted molar refractivity (Wildman–Crippen MR) is 251 cm³/mol. The monoisotopic (exact) mass is 947 g/mol. The van der Waals surface area contributed by atoms with Crippen molar-refractivity contribution in [1.29, 1.82) is 0 Å². The molecule has 0 spiro atoms. The maximum absolute atomic E-state index is 12.6. The number of ether oxygens (including phenoxy) is 6. The van der Waals surface area contributed by atoms with E-state index in [-0.39, 0.29) is 49.4 Å². The van der Waals surface area contributed by atoms with Crippen molar-refractivity contribution >= 4 is 74.8 Å². The predicted octanol–water partition coefficient (Wildman–Crippen LogP) is 11.2. The minimum Gasteiger partial charge on any atom is -0.496 e. The van der Waals surface area contributed by atoms with Crippen molar-refractivity contribution in [3.8, 4) is 34.9 Å². The van der Waals surface area contributed by atoms with E-state index in [1.54, 1.807) is 73.7 Å². The Hall–Kier alpha value is -7.39. The van der Waals surface area contributed by atoms with Crippen LogP contribution in [-0.2, 0) is 0 Å². The molecule has 0 bridgehead atoms. The fourth-order valence-electron chi connectivity index (χ4n) is 6.34. The third-order valence-corrected chi connectivity index (χ3v) is 10.4. The molecule has 8 rings (SSSR count). The number of pyridine rings is 1. The van der Waals surface area contributed by atoms with Crippen LogP contribution in [0.5, 0.6) is 34.9 Å². The minimum atomic E-state index is -0.639. The fourth-order valence-corrected chi connectivity index (χ4v) is 7.02. The molecule has 0 atom stereocenters. The zero-order valence-corrected chi connectivity index (χ0v) is 38.8. The quantitative estimate of drug-likeness (QED) is 0.125. The molecule has 0 fully saturated rings. The summed E-state index contributed by atoms with van der Waals surface area (Å²) in [5, 5.41) is 0.795. The summed E-state index contributed by atoms with van der Waals surface area (Å²) in [5.74, 6) is -0.208. The first kappa shape index (κ1) is 48.1. The number of aryl methyl sites for hydroxylation is 4. The van der Waals surface area contributed by atoms with Crippen molar-refractivity contribution in [2.75, 3.05) is 21.3 Å². The van der Waals surface area contributed by atoms with Crippen LogP contribution in [0, 0.1) is 27.7 Å². The number of halogens is 3. The van der Waals surface area contributed by atoms with Gasteiger partial charge in [0.15, 0.2) is 0 Å². The van der Waals surface area contributed by atoms with Gasteiger partial charge in [0.05, 0.1) is 64.7 Å². The van der Waals surface area contributed by atoms with E-state index < -0.39 is 17.9 Å². The van der Waals surface area contributed by atoms with Gasteiger partial charge in [0.1, 0.15) is 39.6 Å². The minimum absolute atomic E-state index is 0.105. The molecule has 0 aliphatic carbocycles. The molecule has 0 aliphatic heterocycles. The van der Waals surface area contributed by atoms with Gasteiger partial charge in [0.25, 0.3) is 0 Å². The van der Waals surface area contributed by atoms with Crippen LogP contribution >= 0.6 is 34.8 Å². The molecule has 0 aliphatic rings. The number of hydrogen-bond donors (Lipinski definition) is 0. The molecule has 17 heteroatoms. The van der Waals surface area contributed by atoms with Crippen LogP contribution in [0.15, 0.2) is 116 Å². The summed E-state index contributed by atoms with van der Waals surface area (Å²) in [5.41, 5.74) is 6.19. The van der Waals surface area contributed by atoms with Gasteiger partial charge in [-0.25, -0.2) is 39.3 Å². The number of esters is 3. The SMILES string of the molecule is COc1c(C)ccc(Cl)c1C(=O)Oc1ccccn1.COc1c(C)ccc(Cl)c1C(=O)Oc1cnc2ccccc2n1.COc1c(C)ccc(Cl)c1C(=O)Oc1nc2ccccc2nc1C. The molecule has 5 aromatic carbocycles. The van der Waals surface area contributed by atoms with Crippen LogP contribution in [0.2, 0.25) is 15.1 Å². The lowest BCUT2D eigenvalue weighted by Gasteiger charge is -2.13. The summed E-state index contributed by atoms with van der Waals surface area (Å²) < 4.78 is 31.7. The number of nitrogens with zero attached hydrogens (tertiary/aromatic N) is 5. The van der Waals surface area contributed by atoms with Crippen LogP contribution < -0.4 is 28.4 Å². The van der Waals surface area contributed by atoms with Gasteiger partial charge in [0.2, 0.25) is 17.6 Å². The average molecular weight is 949 g/mol. The van der Waals surface area contributed by atoms with Crippen molar-refractivity contribution in [3.63, 3.8) is 0 Å². The average Bonchev–Trinajstić information content (AvgIpc) is 3.31. The fraction of sp³-hybridized carbons (Fsp3) is 0.143. The Morgan fingerprint density at radius 3 is 1.30 bits per heavy atom. The highest BCUT2D eigenvalue weighted by atomic mass is 35.5. The number of rotatable bonds is 9. The number of benzene rings is 5. The van der Waals surface area contributed by atoms with Crippen molar-refractivity contribution in [1.82, 2.24) is 24.9 Å². The van der Waals surface area contributed by atoms with Gasteiger partial charge < -0.3 is 28.4 Å². The Bertz CT molecular complexity index is 3080. The van der Waals surface area contributed by atoms with E-state index in [4.69, 9.17) is 63.2 Å². The molecule has 3 heterocycles. The summed E-state index contributed by atoms with van der Waals surface area (Å²) in [7, 11) is 4.44. The third kappa shape index (κ3) is 11.3. The smallest absolute Gasteiger partial charge is 0.350 e. The standard InChI is InChI=1S/C18H15ClN2O3.C17H13ClN2O3.C14H12ClNO3/c1-10-8-9-12(19)15(16(10)23-3)18(22)24-17-11(2)20-13-6-4-5-7-14(13)21-17;1-10-7-8-11(18)15(16(10)22-2)17(21)23-14-9-19-12-5-3-4-6-13(12)20-14;1-9-6-7-10(15)12(13(9)18-2)14(17)19-11-5-3-4-8-16-11/h4-9H,1-3H3;3-9H,1-2H3;3-8H,1-2H3. The van der Waals surface area contributed by atoms with Crippen molar-refractivity contribution in [2.24, 2.45) is 0 Å². The Kier molecular flexibility index (Phi) is 16.0. The van der Waals surface area contributed by atoms with Gasteiger partial charge in [-0.2, -0.15) is 0 Å². The zero-order valence-electron chi connectivity index (χ0n) is 36.5. The number of carbonyl (C=O) groups excluding carboxylic acids is 3. The highest BCUT2D eigenvalue weighted by molar-refractivity contribution is 6.35. The number of carbonyl (C=O) groups is 3. The lowest BCUT2D eigenvalue weighted by Crippen LogP contribution is -2.13. The first-order chi connectivity index (χ1) is 31.7. The molecule has 0 amide bonds. The molecule has 0 saturated heterocycles. The van der Waals surface area contributed by atoms with Crippen LogP contribution in [0.3, 0.4) is 0 Å². The molecule has 3 aromatic heterocycles. The molecule has 336 valence electrons. The van der Waals surface area contributed by atoms with Gasteiger partial charge in [-0.1, -0.05) is 83.3 Å². The van der Waals surface area contributed by atoms with E-state index in [2.05, 4.69) is 24.9 Å². The summed E-state index contributed by atoms with van der Waals surface area (Å²) >= 11 is 18.3. The number of aromatic nitrogens is 5. The normalized spacial score (nSPS) is 10.5. The number of hydrogen-bond acceptors (Lipinski definition) is 14. The van der Waals surface area contributed by atoms with E-state index in [0.29, 0.717) is 34.0 Å². The maximum Gasteiger partial charge on any atom is 0.350 e. The lowest BCUT2D eigenvalue weighted by atomic mass is 10.1. The van der Waals surface area contributed by atoms with Gasteiger partial charge in [-0.15, -0.1) is 0 Å². The number of methoxy groups -OCH3 is 3. The van der Waals surface area contributed by atoms with Crippen LogP contribution in [0.4, 0.5) is 0 Å². The van der Waals surface area contributed by atoms with Crippen LogP contribution in [0.1, 0.15) is 53.5 Å². The number of fused-ring (bicyclic) bond motifs is 2. The second-order valence-corrected chi connectivity index (χ2v) is 15.2. The molecule has 0 unspecified atom stereocenters. The van der Waals surface area contributed by atoms with E-state index in [1.165, 1.54) is 33.7 Å². The van der Waals surface area contributed by atoms with Gasteiger partial charge in [0, 0.05) is 12.3 Å².